The van der Waals surface area contributed by atoms with E-state index in [4.69, 9.17) is 4.74 Å². The molecular weight excluding hydrogens is 210 g/mol. The zero-order valence-corrected chi connectivity index (χ0v) is 12.5. The summed E-state index contributed by atoms with van der Waals surface area (Å²) < 4.78 is 5.58. The summed E-state index contributed by atoms with van der Waals surface area (Å²) >= 11 is 0. The average molecular weight is 239 g/mol. The number of ether oxygens (including phenoxy) is 1. The van der Waals surface area contributed by atoms with Crippen LogP contribution in [0.5, 0.6) is 0 Å². The summed E-state index contributed by atoms with van der Waals surface area (Å²) in [5.74, 6) is 0. The third kappa shape index (κ3) is 2.26. The van der Waals surface area contributed by atoms with Gasteiger partial charge in [-0.2, -0.15) is 0 Å². The van der Waals surface area contributed by atoms with Gasteiger partial charge >= 0.3 is 0 Å². The van der Waals surface area contributed by atoms with E-state index in [0.29, 0.717) is 22.3 Å². The fourth-order valence-electron chi connectivity index (χ4n) is 3.97. The van der Waals surface area contributed by atoms with Gasteiger partial charge in [0.1, 0.15) is 0 Å². The highest BCUT2D eigenvalue weighted by Gasteiger charge is 2.54. The first-order valence-corrected chi connectivity index (χ1v) is 6.96. The van der Waals surface area contributed by atoms with E-state index in [1.54, 1.807) is 0 Å². The van der Waals surface area contributed by atoms with E-state index < -0.39 is 0 Å². The number of hydrogen-bond acceptors (Lipinski definition) is 2. The van der Waals surface area contributed by atoms with Crippen LogP contribution in [0.1, 0.15) is 47.5 Å². The monoisotopic (exact) mass is 239 g/mol. The average Bonchev–Trinajstić information content (AvgIpc) is 2.08. The van der Waals surface area contributed by atoms with Crippen LogP contribution in [0.15, 0.2) is 0 Å². The zero-order valence-electron chi connectivity index (χ0n) is 12.5. The maximum Gasteiger partial charge on any atom is 0.0550 e. The summed E-state index contributed by atoms with van der Waals surface area (Å²) in [6.45, 7) is 15.2. The number of rotatable bonds is 0. The van der Waals surface area contributed by atoms with Crippen LogP contribution in [0.25, 0.3) is 0 Å². The Balaban J connectivity index is 2.29. The second-order valence-corrected chi connectivity index (χ2v) is 7.97. The molecule has 2 aliphatic rings. The van der Waals surface area contributed by atoms with Crippen molar-refractivity contribution in [2.24, 2.45) is 16.2 Å². The molecule has 2 nitrogen and oxygen atoms in total. The Labute approximate surface area is 107 Å². The minimum Gasteiger partial charge on any atom is -0.380 e. The topological polar surface area (TPSA) is 12.5 Å². The van der Waals surface area contributed by atoms with Gasteiger partial charge in [-0.3, -0.25) is 0 Å². The summed E-state index contributed by atoms with van der Waals surface area (Å²) in [6, 6.07) is 0.683. The summed E-state index contributed by atoms with van der Waals surface area (Å²) in [7, 11) is 2.28. The van der Waals surface area contributed by atoms with Gasteiger partial charge in [0.05, 0.1) is 13.2 Å². The van der Waals surface area contributed by atoms with E-state index in [9.17, 15) is 0 Å². The Kier molecular flexibility index (Phi) is 3.11. The number of nitrogens with zero attached hydrogens (tertiary/aromatic N) is 1. The van der Waals surface area contributed by atoms with Crippen molar-refractivity contribution >= 4 is 0 Å². The molecule has 0 aromatic carbocycles. The van der Waals surface area contributed by atoms with Crippen LogP contribution < -0.4 is 0 Å². The molecule has 2 heterocycles. The molecule has 17 heavy (non-hydrogen) atoms. The van der Waals surface area contributed by atoms with Gasteiger partial charge < -0.3 is 9.64 Å². The molecule has 1 unspecified atom stereocenters. The van der Waals surface area contributed by atoms with Crippen molar-refractivity contribution in [1.29, 1.82) is 0 Å². The third-order valence-corrected chi connectivity index (χ3v) is 5.25. The molecule has 0 aromatic heterocycles. The third-order valence-electron chi connectivity index (χ3n) is 5.25. The molecule has 1 spiro atoms. The van der Waals surface area contributed by atoms with E-state index in [1.807, 2.05) is 0 Å². The lowest BCUT2D eigenvalue weighted by Gasteiger charge is -2.58. The van der Waals surface area contributed by atoms with Gasteiger partial charge in [0.25, 0.3) is 0 Å². The second kappa shape index (κ2) is 3.96. The zero-order chi connectivity index (χ0) is 12.9. The van der Waals surface area contributed by atoms with Gasteiger partial charge in [-0.1, -0.05) is 27.7 Å². The molecule has 0 N–H and O–H groups in total. The molecule has 2 rings (SSSR count). The maximum absolute atomic E-state index is 5.58. The van der Waals surface area contributed by atoms with E-state index >= 15 is 0 Å². The van der Waals surface area contributed by atoms with Crippen LogP contribution in [0.3, 0.4) is 0 Å². The van der Waals surface area contributed by atoms with Crippen LogP contribution in [0, 0.1) is 16.2 Å². The minimum absolute atomic E-state index is 0.353. The van der Waals surface area contributed by atoms with Gasteiger partial charge in [0.2, 0.25) is 0 Å². The lowest BCUT2D eigenvalue weighted by Crippen LogP contribution is -2.60. The van der Waals surface area contributed by atoms with Crippen LogP contribution >= 0.6 is 0 Å². The first-order chi connectivity index (χ1) is 7.68. The number of hydrogen-bond donors (Lipinski definition) is 0. The normalized spacial score (nSPS) is 36.0. The first kappa shape index (κ1) is 13.4. The highest BCUT2D eigenvalue weighted by atomic mass is 16.5. The van der Waals surface area contributed by atoms with Crippen LogP contribution in [-0.2, 0) is 4.74 Å². The minimum atomic E-state index is 0.353. The van der Waals surface area contributed by atoms with Gasteiger partial charge in [-0.05, 0) is 37.6 Å². The van der Waals surface area contributed by atoms with Gasteiger partial charge in [0, 0.05) is 18.0 Å². The largest absolute Gasteiger partial charge is 0.380 e. The van der Waals surface area contributed by atoms with Crippen molar-refractivity contribution in [2.75, 3.05) is 26.8 Å². The fourth-order valence-corrected chi connectivity index (χ4v) is 3.97. The van der Waals surface area contributed by atoms with Crippen molar-refractivity contribution in [2.45, 2.75) is 53.5 Å². The summed E-state index contributed by atoms with van der Waals surface area (Å²) in [6.07, 6.45) is 2.60. The van der Waals surface area contributed by atoms with Gasteiger partial charge in [-0.25, -0.2) is 0 Å². The molecule has 1 atom stereocenters. The second-order valence-electron chi connectivity index (χ2n) is 7.97. The predicted octanol–water partition coefficient (Wildman–Crippen LogP) is 3.17. The lowest BCUT2D eigenvalue weighted by molar-refractivity contribution is -0.205. The molecule has 0 saturated carbocycles. The molecule has 2 saturated heterocycles. The Morgan fingerprint density at radius 1 is 1.12 bits per heavy atom. The van der Waals surface area contributed by atoms with Crippen LogP contribution in [-0.4, -0.2) is 37.7 Å². The van der Waals surface area contributed by atoms with Crippen molar-refractivity contribution in [3.05, 3.63) is 0 Å². The summed E-state index contributed by atoms with van der Waals surface area (Å²) in [5, 5.41) is 0. The molecule has 0 radical (unpaired) electrons. The van der Waals surface area contributed by atoms with E-state index in [0.717, 1.165) is 13.2 Å². The van der Waals surface area contributed by atoms with Crippen molar-refractivity contribution in [1.82, 2.24) is 4.90 Å². The van der Waals surface area contributed by atoms with E-state index in [-0.39, 0.29) is 0 Å². The number of likely N-dealkylation sites (tertiary alicyclic amines) is 1. The molecule has 2 aliphatic heterocycles. The Morgan fingerprint density at radius 3 is 2.18 bits per heavy atom. The molecule has 100 valence electrons. The van der Waals surface area contributed by atoms with Crippen molar-refractivity contribution in [3.63, 3.8) is 0 Å². The Hall–Kier alpha value is -0.0800. The van der Waals surface area contributed by atoms with Crippen molar-refractivity contribution < 1.29 is 4.74 Å². The van der Waals surface area contributed by atoms with E-state index in [1.165, 1.54) is 19.4 Å². The molecule has 0 bridgehead atoms. The molecule has 0 aromatic rings. The summed E-state index contributed by atoms with van der Waals surface area (Å²) in [5.41, 5.74) is 1.19. The molecular formula is C15H29NO. The van der Waals surface area contributed by atoms with Gasteiger partial charge in [0.15, 0.2) is 0 Å². The smallest absolute Gasteiger partial charge is 0.0550 e. The Bertz CT molecular complexity index is 291. The molecule has 0 amide bonds. The fraction of sp³-hybridized carbons (Fsp3) is 1.00. The SMILES string of the molecule is CC1CC(C)(C)CC2(COC2)C(C)(C)CN1C. The first-order valence-electron chi connectivity index (χ1n) is 6.96. The van der Waals surface area contributed by atoms with Crippen LogP contribution in [0.2, 0.25) is 0 Å². The van der Waals surface area contributed by atoms with Crippen molar-refractivity contribution in [3.8, 4) is 0 Å². The Morgan fingerprint density at radius 2 is 1.71 bits per heavy atom. The van der Waals surface area contributed by atoms with Gasteiger partial charge in [-0.15, -0.1) is 0 Å². The predicted molar refractivity (Wildman–Crippen MR) is 72.1 cm³/mol. The highest BCUT2D eigenvalue weighted by molar-refractivity contribution is 5.03. The molecule has 2 fully saturated rings. The standard InChI is InChI=1S/C15H29NO/c1-12-7-13(2,3)8-15(10-17-11-15)14(4,5)9-16(12)6/h12H,7-11H2,1-6H3. The molecule has 2 heteroatoms. The quantitative estimate of drug-likeness (QED) is 0.644. The summed E-state index contributed by atoms with van der Waals surface area (Å²) in [4.78, 5) is 2.54. The van der Waals surface area contributed by atoms with E-state index in [2.05, 4.69) is 46.6 Å². The highest BCUT2D eigenvalue weighted by Crippen LogP contribution is 2.54. The van der Waals surface area contributed by atoms with Crippen LogP contribution in [0.4, 0.5) is 0 Å². The molecule has 0 aliphatic carbocycles. The lowest BCUT2D eigenvalue weighted by atomic mass is 9.56. The maximum atomic E-state index is 5.58.